The summed E-state index contributed by atoms with van der Waals surface area (Å²) in [6.07, 6.45) is 5.27. The second-order valence-corrected chi connectivity index (χ2v) is 4.35. The van der Waals surface area contributed by atoms with Crippen LogP contribution in [0, 0.1) is 12.3 Å². The van der Waals surface area contributed by atoms with Gasteiger partial charge in [-0.15, -0.1) is 6.42 Å². The van der Waals surface area contributed by atoms with Gasteiger partial charge in [0, 0.05) is 6.42 Å². The molecule has 0 saturated carbocycles. The Hall–Kier alpha value is -1.79. The molecule has 0 N–H and O–H groups in total. The summed E-state index contributed by atoms with van der Waals surface area (Å²) in [6, 6.07) is 9.55. The van der Waals surface area contributed by atoms with E-state index in [1.807, 2.05) is 37.3 Å². The van der Waals surface area contributed by atoms with Crippen LogP contribution in [-0.2, 0) is 14.3 Å². The summed E-state index contributed by atoms with van der Waals surface area (Å²) in [5.41, 5.74) is 0.943. The molecule has 1 aromatic carbocycles. The summed E-state index contributed by atoms with van der Waals surface area (Å²) in [7, 11) is 0. The highest BCUT2D eigenvalue weighted by molar-refractivity contribution is 5.77. The predicted molar refractivity (Wildman–Crippen MR) is 67.9 cm³/mol. The van der Waals surface area contributed by atoms with Crippen LogP contribution < -0.4 is 0 Å². The molecule has 18 heavy (non-hydrogen) atoms. The molecule has 0 aliphatic carbocycles. The maximum atomic E-state index is 12.0. The SMILES string of the molecule is C#CC1OCCC1OC(=O)C(C)c1ccccc1. The van der Waals surface area contributed by atoms with Crippen LogP contribution >= 0.6 is 0 Å². The lowest BCUT2D eigenvalue weighted by molar-refractivity contribution is -0.151. The van der Waals surface area contributed by atoms with E-state index in [-0.39, 0.29) is 18.0 Å². The standard InChI is InChI=1S/C15H16O3/c1-3-13-14(9-10-17-13)18-15(16)11(2)12-7-5-4-6-8-12/h1,4-8,11,13-14H,9-10H2,2H3. The van der Waals surface area contributed by atoms with Gasteiger partial charge in [0.2, 0.25) is 0 Å². The molecule has 0 spiro atoms. The summed E-state index contributed by atoms with van der Waals surface area (Å²) < 4.78 is 10.7. The zero-order valence-electron chi connectivity index (χ0n) is 10.3. The number of hydrogen-bond acceptors (Lipinski definition) is 3. The third-order valence-electron chi connectivity index (χ3n) is 3.12. The molecule has 3 unspecified atom stereocenters. The Balaban J connectivity index is 1.98. The van der Waals surface area contributed by atoms with E-state index in [9.17, 15) is 4.79 Å². The quantitative estimate of drug-likeness (QED) is 0.603. The van der Waals surface area contributed by atoms with Gasteiger partial charge in [-0.25, -0.2) is 0 Å². The first-order valence-corrected chi connectivity index (χ1v) is 6.05. The number of benzene rings is 1. The lowest BCUT2D eigenvalue weighted by atomic mass is 10.0. The average Bonchev–Trinajstić information content (AvgIpc) is 2.86. The Morgan fingerprint density at radius 1 is 1.50 bits per heavy atom. The highest BCUT2D eigenvalue weighted by Gasteiger charge is 2.31. The van der Waals surface area contributed by atoms with Gasteiger partial charge >= 0.3 is 5.97 Å². The fraction of sp³-hybridized carbons (Fsp3) is 0.400. The highest BCUT2D eigenvalue weighted by atomic mass is 16.6. The summed E-state index contributed by atoms with van der Waals surface area (Å²) in [6.45, 7) is 2.38. The molecule has 3 heteroatoms. The second-order valence-electron chi connectivity index (χ2n) is 4.35. The van der Waals surface area contributed by atoms with Crippen molar-refractivity contribution in [2.75, 3.05) is 6.61 Å². The van der Waals surface area contributed by atoms with Crippen molar-refractivity contribution in [1.82, 2.24) is 0 Å². The third-order valence-corrected chi connectivity index (χ3v) is 3.12. The largest absolute Gasteiger partial charge is 0.458 e. The summed E-state index contributed by atoms with van der Waals surface area (Å²) >= 11 is 0. The van der Waals surface area contributed by atoms with Crippen molar-refractivity contribution in [2.45, 2.75) is 31.5 Å². The minimum absolute atomic E-state index is 0.253. The molecule has 1 aromatic rings. The van der Waals surface area contributed by atoms with Crippen LogP contribution in [0.2, 0.25) is 0 Å². The normalized spacial score (nSPS) is 24.2. The van der Waals surface area contributed by atoms with Gasteiger partial charge in [-0.3, -0.25) is 4.79 Å². The molecule has 3 nitrogen and oxygen atoms in total. The smallest absolute Gasteiger partial charge is 0.313 e. The molecule has 1 aliphatic heterocycles. The van der Waals surface area contributed by atoms with E-state index in [2.05, 4.69) is 5.92 Å². The second kappa shape index (κ2) is 5.70. The van der Waals surface area contributed by atoms with E-state index in [1.165, 1.54) is 0 Å². The fourth-order valence-corrected chi connectivity index (χ4v) is 1.98. The summed E-state index contributed by atoms with van der Waals surface area (Å²) in [4.78, 5) is 12.0. The first-order chi connectivity index (χ1) is 8.72. The van der Waals surface area contributed by atoms with Crippen molar-refractivity contribution < 1.29 is 14.3 Å². The lowest BCUT2D eigenvalue weighted by Crippen LogP contribution is -2.28. The van der Waals surface area contributed by atoms with Crippen LogP contribution in [0.5, 0.6) is 0 Å². The molecule has 0 radical (unpaired) electrons. The highest BCUT2D eigenvalue weighted by Crippen LogP contribution is 2.22. The van der Waals surface area contributed by atoms with Crippen molar-refractivity contribution in [3.8, 4) is 12.3 Å². The van der Waals surface area contributed by atoms with Crippen molar-refractivity contribution in [3.05, 3.63) is 35.9 Å². The van der Waals surface area contributed by atoms with E-state index in [1.54, 1.807) is 0 Å². The molecule has 94 valence electrons. The molecule has 0 amide bonds. The molecule has 1 fully saturated rings. The Bertz CT molecular complexity index is 447. The minimum Gasteiger partial charge on any atom is -0.458 e. The van der Waals surface area contributed by atoms with Crippen LogP contribution in [0.15, 0.2) is 30.3 Å². The molecule has 1 saturated heterocycles. The number of terminal acetylenes is 1. The van der Waals surface area contributed by atoms with Crippen molar-refractivity contribution in [2.24, 2.45) is 0 Å². The van der Waals surface area contributed by atoms with Gasteiger partial charge in [0.1, 0.15) is 6.10 Å². The molecule has 0 bridgehead atoms. The van der Waals surface area contributed by atoms with Gasteiger partial charge in [-0.05, 0) is 12.5 Å². The van der Waals surface area contributed by atoms with E-state index in [4.69, 9.17) is 15.9 Å². The van der Waals surface area contributed by atoms with Gasteiger partial charge < -0.3 is 9.47 Å². The van der Waals surface area contributed by atoms with Crippen LogP contribution in [0.1, 0.15) is 24.8 Å². The zero-order valence-corrected chi connectivity index (χ0v) is 10.3. The fourth-order valence-electron chi connectivity index (χ4n) is 1.98. The average molecular weight is 244 g/mol. The Kier molecular flexibility index (Phi) is 4.01. The van der Waals surface area contributed by atoms with Gasteiger partial charge in [0.25, 0.3) is 0 Å². The predicted octanol–water partition coefficient (Wildman–Crippen LogP) is 2.12. The van der Waals surface area contributed by atoms with Crippen LogP contribution in [0.25, 0.3) is 0 Å². The van der Waals surface area contributed by atoms with Gasteiger partial charge in [-0.1, -0.05) is 36.3 Å². The maximum Gasteiger partial charge on any atom is 0.313 e. The van der Waals surface area contributed by atoms with Crippen LogP contribution in [0.3, 0.4) is 0 Å². The first-order valence-electron chi connectivity index (χ1n) is 6.05. The van der Waals surface area contributed by atoms with E-state index >= 15 is 0 Å². The van der Waals surface area contributed by atoms with E-state index in [0.717, 1.165) is 5.56 Å². The zero-order chi connectivity index (χ0) is 13.0. The molecule has 2 rings (SSSR count). The first kappa shape index (κ1) is 12.7. The number of esters is 1. The molecule has 0 aromatic heterocycles. The Morgan fingerprint density at radius 2 is 2.22 bits per heavy atom. The minimum atomic E-state index is -0.406. The molecular weight excluding hydrogens is 228 g/mol. The number of ether oxygens (including phenoxy) is 2. The van der Waals surface area contributed by atoms with Crippen molar-refractivity contribution in [3.63, 3.8) is 0 Å². The van der Waals surface area contributed by atoms with Crippen LogP contribution in [0.4, 0.5) is 0 Å². The van der Waals surface area contributed by atoms with E-state index in [0.29, 0.717) is 13.0 Å². The molecule has 1 aliphatic rings. The molecule has 3 atom stereocenters. The van der Waals surface area contributed by atoms with Gasteiger partial charge in [-0.2, -0.15) is 0 Å². The molecule has 1 heterocycles. The summed E-state index contributed by atoms with van der Waals surface area (Å²) in [5, 5.41) is 0. The van der Waals surface area contributed by atoms with Crippen molar-refractivity contribution >= 4 is 5.97 Å². The van der Waals surface area contributed by atoms with E-state index < -0.39 is 6.10 Å². The monoisotopic (exact) mass is 244 g/mol. The number of rotatable bonds is 3. The van der Waals surface area contributed by atoms with Crippen molar-refractivity contribution in [1.29, 1.82) is 0 Å². The number of carbonyl (C=O) groups is 1. The van der Waals surface area contributed by atoms with Gasteiger partial charge in [0.05, 0.1) is 12.5 Å². The lowest BCUT2D eigenvalue weighted by Gasteiger charge is -2.18. The third kappa shape index (κ3) is 2.72. The Morgan fingerprint density at radius 3 is 2.89 bits per heavy atom. The number of hydrogen-bond donors (Lipinski definition) is 0. The maximum absolute atomic E-state index is 12.0. The van der Waals surface area contributed by atoms with Crippen LogP contribution in [-0.4, -0.2) is 24.8 Å². The molecular formula is C15H16O3. The Labute approximate surface area is 107 Å². The number of carbonyl (C=O) groups excluding carboxylic acids is 1. The van der Waals surface area contributed by atoms with Gasteiger partial charge in [0.15, 0.2) is 6.10 Å². The summed E-state index contributed by atoms with van der Waals surface area (Å²) in [5.74, 6) is 1.96. The topological polar surface area (TPSA) is 35.5 Å².